The smallest absolute Gasteiger partial charge is 0.235 e. The topological polar surface area (TPSA) is 92.8 Å². The predicted molar refractivity (Wildman–Crippen MR) is 132 cm³/mol. The van der Waals surface area contributed by atoms with Crippen LogP contribution in [0.5, 0.6) is 5.75 Å². The maximum atomic E-state index is 12.6. The second-order valence-electron chi connectivity index (χ2n) is 7.96. The largest absolute Gasteiger partial charge is 0.494 e. The Morgan fingerprint density at radius 3 is 2.82 bits per heavy atom. The number of hydrogen-bond acceptors (Lipinski definition) is 7. The Hall–Kier alpha value is -2.83. The van der Waals surface area contributed by atoms with Crippen LogP contribution in [-0.2, 0) is 24.7 Å². The van der Waals surface area contributed by atoms with Crippen molar-refractivity contribution < 1.29 is 9.53 Å². The minimum absolute atomic E-state index is 0.145. The summed E-state index contributed by atoms with van der Waals surface area (Å²) in [5.74, 6) is 1.63. The lowest BCUT2D eigenvalue weighted by Gasteiger charge is -2.09. The number of fused-ring (bicyclic) bond motifs is 1. The van der Waals surface area contributed by atoms with Gasteiger partial charge in [0.1, 0.15) is 16.8 Å². The Labute approximate surface area is 202 Å². The third-order valence-corrected chi connectivity index (χ3v) is 7.81. The number of hydrogen-bond donors (Lipinski definition) is 1. The van der Waals surface area contributed by atoms with Crippen LogP contribution in [0.2, 0.25) is 0 Å². The number of aromatic nitrogens is 3. The van der Waals surface area contributed by atoms with Gasteiger partial charge >= 0.3 is 0 Å². The summed E-state index contributed by atoms with van der Waals surface area (Å²) < 4.78 is 7.60. The summed E-state index contributed by atoms with van der Waals surface area (Å²) in [5, 5.41) is 22.4. The molecule has 1 aliphatic carbocycles. The molecule has 1 aromatic carbocycles. The fourth-order valence-electron chi connectivity index (χ4n) is 3.79. The van der Waals surface area contributed by atoms with Gasteiger partial charge < -0.3 is 14.6 Å². The van der Waals surface area contributed by atoms with Gasteiger partial charge in [-0.05, 0) is 61.9 Å². The van der Waals surface area contributed by atoms with Crippen LogP contribution in [0.15, 0.2) is 29.4 Å². The number of unbranched alkanes of at least 4 members (excludes halogenated alkanes) is 1. The Balaban J connectivity index is 1.37. The van der Waals surface area contributed by atoms with Crippen LogP contribution >= 0.6 is 23.1 Å². The average molecular weight is 482 g/mol. The number of thioether (sulfide) groups is 1. The van der Waals surface area contributed by atoms with Gasteiger partial charge in [0.05, 0.1) is 17.9 Å². The molecule has 172 valence electrons. The van der Waals surface area contributed by atoms with Crippen LogP contribution in [0.4, 0.5) is 5.00 Å². The van der Waals surface area contributed by atoms with Gasteiger partial charge in [-0.2, -0.15) is 5.26 Å². The van der Waals surface area contributed by atoms with Crippen LogP contribution in [-0.4, -0.2) is 33.0 Å². The first-order chi connectivity index (χ1) is 16.1. The molecule has 0 bridgehead atoms. The lowest BCUT2D eigenvalue weighted by molar-refractivity contribution is -0.113. The van der Waals surface area contributed by atoms with E-state index >= 15 is 0 Å². The van der Waals surface area contributed by atoms with E-state index in [2.05, 4.69) is 28.5 Å². The number of ether oxygens (including phenoxy) is 1. The third kappa shape index (κ3) is 5.40. The van der Waals surface area contributed by atoms with Crippen molar-refractivity contribution >= 4 is 34.0 Å². The van der Waals surface area contributed by atoms with E-state index in [9.17, 15) is 10.1 Å². The summed E-state index contributed by atoms with van der Waals surface area (Å²) in [5.41, 5.74) is 2.69. The minimum atomic E-state index is -0.145. The van der Waals surface area contributed by atoms with E-state index in [-0.39, 0.29) is 11.7 Å². The zero-order valence-electron chi connectivity index (χ0n) is 18.9. The maximum Gasteiger partial charge on any atom is 0.235 e. The number of carbonyl (C=O) groups excluding carboxylic acids is 1. The van der Waals surface area contributed by atoms with Crippen molar-refractivity contribution in [1.82, 2.24) is 14.8 Å². The quantitative estimate of drug-likeness (QED) is 0.333. The lowest BCUT2D eigenvalue weighted by Crippen LogP contribution is -2.14. The van der Waals surface area contributed by atoms with Crippen LogP contribution in [0.1, 0.15) is 48.6 Å². The highest BCUT2D eigenvalue weighted by Crippen LogP contribution is 2.37. The highest BCUT2D eigenvalue weighted by atomic mass is 32.2. The summed E-state index contributed by atoms with van der Waals surface area (Å²) in [6.45, 7) is 2.85. The highest BCUT2D eigenvalue weighted by molar-refractivity contribution is 7.99. The number of rotatable bonds is 9. The molecule has 7 nitrogen and oxygen atoms in total. The zero-order valence-corrected chi connectivity index (χ0v) is 20.5. The number of benzene rings is 1. The van der Waals surface area contributed by atoms with Gasteiger partial charge in [-0.1, -0.05) is 25.1 Å². The molecule has 4 rings (SSSR count). The number of nitrogens with zero attached hydrogens (tertiary/aromatic N) is 4. The second-order valence-corrected chi connectivity index (χ2v) is 10.0. The second kappa shape index (κ2) is 10.9. The molecule has 0 unspecified atom stereocenters. The van der Waals surface area contributed by atoms with Gasteiger partial charge in [0, 0.05) is 17.5 Å². The fraction of sp³-hybridized carbons (Fsp3) is 0.417. The van der Waals surface area contributed by atoms with E-state index in [1.54, 1.807) is 11.3 Å². The van der Waals surface area contributed by atoms with Crippen LogP contribution in [0, 0.1) is 11.3 Å². The van der Waals surface area contributed by atoms with Gasteiger partial charge in [-0.25, -0.2) is 0 Å². The monoisotopic (exact) mass is 481 g/mol. The standard InChI is InChI=1S/C24H27N5O2S2/c1-3-4-13-31-17-11-9-16(10-12-17)22-27-28-24(29(22)2)32-15-21(30)26-23-19(14-25)18-7-5-6-8-20(18)33-23/h9-12H,3-8,13,15H2,1-2H3,(H,26,30). The van der Waals surface area contributed by atoms with Crippen molar-refractivity contribution in [3.63, 3.8) is 0 Å². The first-order valence-electron chi connectivity index (χ1n) is 11.2. The van der Waals surface area contributed by atoms with Crippen LogP contribution < -0.4 is 10.1 Å². The Kier molecular flexibility index (Phi) is 7.68. The molecular weight excluding hydrogens is 454 g/mol. The SMILES string of the molecule is CCCCOc1ccc(-c2nnc(SCC(=O)Nc3sc4c(c3C#N)CCCC4)n2C)cc1. The van der Waals surface area contributed by atoms with Crippen molar-refractivity contribution in [2.75, 3.05) is 17.7 Å². The van der Waals surface area contributed by atoms with Gasteiger partial charge in [-0.3, -0.25) is 4.79 Å². The number of carbonyl (C=O) groups is 1. The van der Waals surface area contributed by atoms with Crippen LogP contribution in [0.25, 0.3) is 11.4 Å². The fourth-order valence-corrected chi connectivity index (χ4v) is 5.76. The molecule has 1 aliphatic rings. The van der Waals surface area contributed by atoms with Crippen molar-refractivity contribution in [3.8, 4) is 23.2 Å². The van der Waals surface area contributed by atoms with E-state index in [4.69, 9.17) is 4.74 Å². The molecular formula is C24H27N5O2S2. The van der Waals surface area contributed by atoms with Crippen molar-refractivity contribution in [2.24, 2.45) is 7.05 Å². The normalized spacial score (nSPS) is 12.8. The molecule has 0 spiro atoms. The predicted octanol–water partition coefficient (Wildman–Crippen LogP) is 5.20. The molecule has 0 saturated heterocycles. The molecule has 1 amide bonds. The molecule has 3 aromatic rings. The van der Waals surface area contributed by atoms with Crippen molar-refractivity contribution in [3.05, 3.63) is 40.3 Å². The minimum Gasteiger partial charge on any atom is -0.494 e. The molecule has 9 heteroatoms. The highest BCUT2D eigenvalue weighted by Gasteiger charge is 2.22. The molecule has 2 heterocycles. The van der Waals surface area contributed by atoms with E-state index in [0.29, 0.717) is 22.3 Å². The molecule has 0 atom stereocenters. The molecule has 0 saturated carbocycles. The first-order valence-corrected chi connectivity index (χ1v) is 13.0. The van der Waals surface area contributed by atoms with E-state index in [1.807, 2.05) is 35.9 Å². The van der Waals surface area contributed by atoms with E-state index in [1.165, 1.54) is 16.6 Å². The van der Waals surface area contributed by atoms with Gasteiger partial charge in [0.25, 0.3) is 0 Å². The van der Waals surface area contributed by atoms with Gasteiger partial charge in [0.2, 0.25) is 5.91 Å². The number of aryl methyl sites for hydroxylation is 1. The number of anilines is 1. The van der Waals surface area contributed by atoms with Gasteiger partial charge in [-0.15, -0.1) is 21.5 Å². The molecule has 0 radical (unpaired) electrons. The first kappa shape index (κ1) is 23.3. The summed E-state index contributed by atoms with van der Waals surface area (Å²) in [6, 6.07) is 10.1. The number of nitriles is 1. The molecule has 2 aromatic heterocycles. The van der Waals surface area contributed by atoms with Crippen LogP contribution in [0.3, 0.4) is 0 Å². The molecule has 0 fully saturated rings. The summed E-state index contributed by atoms with van der Waals surface area (Å²) in [4.78, 5) is 13.8. The molecule has 33 heavy (non-hydrogen) atoms. The number of nitrogens with one attached hydrogen (secondary N) is 1. The Morgan fingerprint density at radius 2 is 2.06 bits per heavy atom. The number of amides is 1. The average Bonchev–Trinajstić information content (AvgIpc) is 3.37. The van der Waals surface area contributed by atoms with Gasteiger partial charge in [0.15, 0.2) is 11.0 Å². The Bertz CT molecular complexity index is 1160. The molecule has 0 aliphatic heterocycles. The Morgan fingerprint density at radius 1 is 1.27 bits per heavy atom. The van der Waals surface area contributed by atoms with Crippen molar-refractivity contribution in [2.45, 2.75) is 50.6 Å². The molecule has 1 N–H and O–H groups in total. The zero-order chi connectivity index (χ0) is 23.2. The van der Waals surface area contributed by atoms with Crippen molar-refractivity contribution in [1.29, 1.82) is 5.26 Å². The number of thiophene rings is 1. The summed E-state index contributed by atoms with van der Waals surface area (Å²) >= 11 is 2.87. The van der Waals surface area contributed by atoms with E-state index < -0.39 is 0 Å². The summed E-state index contributed by atoms with van der Waals surface area (Å²) in [6.07, 6.45) is 6.30. The maximum absolute atomic E-state index is 12.6. The van der Waals surface area contributed by atoms with E-state index in [0.717, 1.165) is 61.2 Å². The lowest BCUT2D eigenvalue weighted by atomic mass is 9.96. The third-order valence-electron chi connectivity index (χ3n) is 5.58. The summed E-state index contributed by atoms with van der Waals surface area (Å²) in [7, 11) is 1.89.